The molecule has 0 aliphatic rings. The van der Waals surface area contributed by atoms with Crippen molar-refractivity contribution in [2.45, 2.75) is 6.42 Å². The molecule has 0 saturated heterocycles. The van der Waals surface area contributed by atoms with Crippen LogP contribution in [0.4, 0.5) is 0 Å². The van der Waals surface area contributed by atoms with E-state index < -0.39 is 0 Å². The predicted octanol–water partition coefficient (Wildman–Crippen LogP) is 3.34. The predicted molar refractivity (Wildman–Crippen MR) is 66.8 cm³/mol. The Labute approximate surface area is 88.6 Å². The van der Waals surface area contributed by atoms with Crippen LogP contribution in [0.25, 0.3) is 0 Å². The molecule has 1 atom stereocenters. The summed E-state index contributed by atoms with van der Waals surface area (Å²) < 4.78 is 0. The van der Waals surface area contributed by atoms with Gasteiger partial charge in [-0.25, -0.2) is 0 Å². The Kier molecular flexibility index (Phi) is 4.35. The maximum Gasteiger partial charge on any atom is -0.00258 e. The fourth-order valence-electron chi connectivity index (χ4n) is 1.43. The van der Waals surface area contributed by atoms with Crippen molar-refractivity contribution < 1.29 is 0 Å². The number of benzene rings is 2. The quantitative estimate of drug-likeness (QED) is 0.655. The lowest BCUT2D eigenvalue weighted by atomic mass is 10.1. The molecule has 1 unspecified atom stereocenters. The van der Waals surface area contributed by atoms with Gasteiger partial charge >= 0.3 is 0 Å². The minimum Gasteiger partial charge on any atom is -0.153 e. The molecule has 0 saturated carbocycles. The highest BCUT2D eigenvalue weighted by atomic mass is 31.0. The van der Waals surface area contributed by atoms with Crippen LogP contribution in [0, 0.1) is 0 Å². The third-order valence-corrected chi connectivity index (χ3v) is 2.09. The van der Waals surface area contributed by atoms with Crippen LogP contribution in [0.15, 0.2) is 60.7 Å². The minimum absolute atomic E-state index is 0. The van der Waals surface area contributed by atoms with Crippen molar-refractivity contribution in [3.8, 4) is 0 Å². The van der Waals surface area contributed by atoms with Gasteiger partial charge in [0.05, 0.1) is 0 Å². The van der Waals surface area contributed by atoms with E-state index in [2.05, 4.69) is 60.7 Å². The third-order valence-electron chi connectivity index (χ3n) is 2.09. The van der Waals surface area contributed by atoms with Crippen molar-refractivity contribution in [3.63, 3.8) is 0 Å². The summed E-state index contributed by atoms with van der Waals surface area (Å²) >= 11 is 0. The van der Waals surface area contributed by atoms with Crippen LogP contribution >= 0.6 is 9.90 Å². The van der Waals surface area contributed by atoms with E-state index in [1.807, 2.05) is 0 Å². The monoisotopic (exact) mass is 202 g/mol. The van der Waals surface area contributed by atoms with Gasteiger partial charge in [-0.1, -0.05) is 60.7 Å². The second-order valence-corrected chi connectivity index (χ2v) is 3.15. The Bertz CT molecular complexity index is 316. The second-order valence-electron chi connectivity index (χ2n) is 3.15. The van der Waals surface area contributed by atoms with E-state index in [0.717, 1.165) is 6.42 Å². The molecule has 2 rings (SSSR count). The molecule has 2 aromatic rings. The van der Waals surface area contributed by atoms with Crippen molar-refractivity contribution in [1.82, 2.24) is 0 Å². The third kappa shape index (κ3) is 2.97. The van der Waals surface area contributed by atoms with Gasteiger partial charge in [0.15, 0.2) is 0 Å². The van der Waals surface area contributed by atoms with Gasteiger partial charge < -0.3 is 0 Å². The van der Waals surface area contributed by atoms with Crippen LogP contribution in [0.2, 0.25) is 0 Å². The average Bonchev–Trinajstić information content (AvgIpc) is 2.21. The lowest BCUT2D eigenvalue weighted by molar-refractivity contribution is 1.19. The number of rotatable bonds is 2. The van der Waals surface area contributed by atoms with Crippen molar-refractivity contribution in [2.75, 3.05) is 0 Å². The van der Waals surface area contributed by atoms with E-state index in [1.165, 1.54) is 11.1 Å². The van der Waals surface area contributed by atoms with Gasteiger partial charge in [-0.15, -0.1) is 0 Å². The Balaban J connectivity index is 0.000000980. The summed E-state index contributed by atoms with van der Waals surface area (Å²) in [6.45, 7) is 0. The van der Waals surface area contributed by atoms with Gasteiger partial charge in [0.25, 0.3) is 0 Å². The van der Waals surface area contributed by atoms with Gasteiger partial charge in [0.2, 0.25) is 0 Å². The molecular weight excluding hydrogens is 187 g/mol. The van der Waals surface area contributed by atoms with Crippen LogP contribution in [-0.4, -0.2) is 0 Å². The first-order chi connectivity index (χ1) is 6.45. The van der Waals surface area contributed by atoms with E-state index in [-0.39, 0.29) is 9.90 Å². The highest BCUT2D eigenvalue weighted by molar-refractivity contribution is 6.92. The second kappa shape index (κ2) is 5.57. The lowest BCUT2D eigenvalue weighted by Gasteiger charge is -2.00. The molecule has 0 N–H and O–H groups in total. The molecule has 14 heavy (non-hydrogen) atoms. The van der Waals surface area contributed by atoms with Crippen molar-refractivity contribution in [1.29, 1.82) is 0 Å². The topological polar surface area (TPSA) is 0 Å². The smallest absolute Gasteiger partial charge is 0.00258 e. The van der Waals surface area contributed by atoms with Crippen LogP contribution in [0.1, 0.15) is 11.1 Å². The Morgan fingerprint density at radius 3 is 1.29 bits per heavy atom. The van der Waals surface area contributed by atoms with E-state index >= 15 is 0 Å². The summed E-state index contributed by atoms with van der Waals surface area (Å²) in [5.74, 6) is 0. The van der Waals surface area contributed by atoms with Crippen LogP contribution in [0.5, 0.6) is 0 Å². The first-order valence-corrected chi connectivity index (χ1v) is 4.53. The standard InChI is InChI=1S/C13H12.H3P/c1-3-7-12(8-4-1)11-13-9-5-2-6-10-13;/h1-10H,11H2;1H3. The normalized spacial score (nSPS) is 9.14. The van der Waals surface area contributed by atoms with Crippen molar-refractivity contribution in [2.24, 2.45) is 0 Å². The van der Waals surface area contributed by atoms with Gasteiger partial charge in [-0.3, -0.25) is 0 Å². The Hall–Kier alpha value is -1.13. The van der Waals surface area contributed by atoms with Gasteiger partial charge in [-0.2, -0.15) is 9.90 Å². The van der Waals surface area contributed by atoms with Gasteiger partial charge in [0, 0.05) is 0 Å². The number of hydrogen-bond donors (Lipinski definition) is 0. The molecule has 0 aliphatic carbocycles. The molecule has 72 valence electrons. The summed E-state index contributed by atoms with van der Waals surface area (Å²) in [7, 11) is 0. The first kappa shape index (κ1) is 10.9. The maximum atomic E-state index is 2.16. The molecule has 0 bridgehead atoms. The Morgan fingerprint density at radius 2 is 0.929 bits per heavy atom. The van der Waals surface area contributed by atoms with Crippen LogP contribution in [0.3, 0.4) is 0 Å². The lowest BCUT2D eigenvalue weighted by Crippen LogP contribution is -1.85. The molecule has 0 fully saturated rings. The summed E-state index contributed by atoms with van der Waals surface area (Å²) in [6.07, 6.45) is 1.03. The van der Waals surface area contributed by atoms with E-state index in [0.29, 0.717) is 0 Å². The van der Waals surface area contributed by atoms with E-state index in [4.69, 9.17) is 0 Å². The fourth-order valence-corrected chi connectivity index (χ4v) is 1.43. The molecule has 2 aromatic carbocycles. The molecule has 0 aliphatic heterocycles. The SMILES string of the molecule is P.c1ccc(Cc2ccccc2)cc1. The van der Waals surface area contributed by atoms with E-state index in [9.17, 15) is 0 Å². The number of hydrogen-bond acceptors (Lipinski definition) is 0. The molecule has 0 nitrogen and oxygen atoms in total. The fraction of sp³-hybridized carbons (Fsp3) is 0.0769. The summed E-state index contributed by atoms with van der Waals surface area (Å²) in [5, 5.41) is 0. The largest absolute Gasteiger partial charge is 0.153 e. The minimum atomic E-state index is 0. The average molecular weight is 202 g/mol. The summed E-state index contributed by atoms with van der Waals surface area (Å²) in [6, 6.07) is 21.1. The van der Waals surface area contributed by atoms with Crippen molar-refractivity contribution in [3.05, 3.63) is 71.8 Å². The molecule has 1 heteroatoms. The highest BCUT2D eigenvalue weighted by Gasteiger charge is 1.92. The molecular formula is C13H15P. The Morgan fingerprint density at radius 1 is 0.571 bits per heavy atom. The highest BCUT2D eigenvalue weighted by Crippen LogP contribution is 2.07. The summed E-state index contributed by atoms with van der Waals surface area (Å²) in [5.41, 5.74) is 2.74. The maximum absolute atomic E-state index is 2.16. The zero-order chi connectivity index (χ0) is 8.93. The van der Waals surface area contributed by atoms with Gasteiger partial charge in [-0.05, 0) is 17.5 Å². The molecule has 0 spiro atoms. The molecule has 0 aromatic heterocycles. The summed E-state index contributed by atoms with van der Waals surface area (Å²) in [4.78, 5) is 0. The van der Waals surface area contributed by atoms with Crippen LogP contribution in [-0.2, 0) is 6.42 Å². The van der Waals surface area contributed by atoms with E-state index in [1.54, 1.807) is 0 Å². The van der Waals surface area contributed by atoms with Crippen molar-refractivity contribution >= 4 is 9.90 Å². The molecule has 0 heterocycles. The molecule has 0 amide bonds. The molecule has 0 radical (unpaired) electrons. The zero-order valence-electron chi connectivity index (χ0n) is 8.19. The zero-order valence-corrected chi connectivity index (χ0v) is 9.60. The first-order valence-electron chi connectivity index (χ1n) is 4.53. The van der Waals surface area contributed by atoms with Gasteiger partial charge in [0.1, 0.15) is 0 Å². The van der Waals surface area contributed by atoms with Crippen LogP contribution < -0.4 is 0 Å².